The van der Waals surface area contributed by atoms with E-state index in [9.17, 15) is 25.2 Å². The number of para-hydroxylation sites is 1. The van der Waals surface area contributed by atoms with Gasteiger partial charge in [0.25, 0.3) is 0 Å². The standard InChI is InChI=1S/C25H40O8/c1-2-3-4-5-6-7-8-9-10-15-21(27)31-17-20-22(28)23(29)24(30)25(33-20)32-19-14-12-11-13-18(19)16-26/h11-14,20,22-26,28-30H,2-10,15-17H2,1H3/t20-,22-,23+,24-,25-/m1/s1. The van der Waals surface area contributed by atoms with Crippen LogP contribution in [0.3, 0.4) is 0 Å². The van der Waals surface area contributed by atoms with Gasteiger partial charge in [0.2, 0.25) is 6.29 Å². The van der Waals surface area contributed by atoms with Gasteiger partial charge in [0, 0.05) is 12.0 Å². The van der Waals surface area contributed by atoms with E-state index < -0.39 is 36.7 Å². The molecule has 8 heteroatoms. The van der Waals surface area contributed by atoms with E-state index >= 15 is 0 Å². The van der Waals surface area contributed by atoms with E-state index in [1.165, 1.54) is 38.5 Å². The number of ether oxygens (including phenoxy) is 3. The number of benzene rings is 1. The fourth-order valence-electron chi connectivity index (χ4n) is 3.85. The van der Waals surface area contributed by atoms with Crippen molar-refractivity contribution in [3.63, 3.8) is 0 Å². The molecule has 188 valence electrons. The first-order chi connectivity index (χ1) is 16.0. The van der Waals surface area contributed by atoms with E-state index in [-0.39, 0.29) is 25.4 Å². The molecular formula is C25H40O8. The average Bonchev–Trinajstić information content (AvgIpc) is 2.82. The first kappa shape index (κ1) is 27.5. The second kappa shape index (κ2) is 15.2. The highest BCUT2D eigenvalue weighted by atomic mass is 16.7. The highest BCUT2D eigenvalue weighted by Gasteiger charge is 2.45. The number of hydrogen-bond donors (Lipinski definition) is 4. The minimum Gasteiger partial charge on any atom is -0.463 e. The molecule has 1 aliphatic heterocycles. The van der Waals surface area contributed by atoms with Gasteiger partial charge in [-0.1, -0.05) is 76.5 Å². The Bertz CT molecular complexity index is 682. The smallest absolute Gasteiger partial charge is 0.305 e. The number of esters is 1. The van der Waals surface area contributed by atoms with Crippen molar-refractivity contribution in [1.82, 2.24) is 0 Å². The maximum atomic E-state index is 12.1. The Hall–Kier alpha value is -1.71. The zero-order valence-electron chi connectivity index (χ0n) is 19.6. The van der Waals surface area contributed by atoms with Crippen LogP contribution in [0.2, 0.25) is 0 Å². The van der Waals surface area contributed by atoms with Gasteiger partial charge in [-0.25, -0.2) is 0 Å². The van der Waals surface area contributed by atoms with Gasteiger partial charge in [-0.05, 0) is 12.5 Å². The van der Waals surface area contributed by atoms with Crippen molar-refractivity contribution in [2.45, 2.75) is 108 Å². The van der Waals surface area contributed by atoms with Crippen LogP contribution in [-0.2, 0) is 20.9 Å². The van der Waals surface area contributed by atoms with Crippen LogP contribution in [0.25, 0.3) is 0 Å². The fraction of sp³-hybridized carbons (Fsp3) is 0.720. The average molecular weight is 469 g/mol. The van der Waals surface area contributed by atoms with Crippen LogP contribution in [0, 0.1) is 0 Å². The molecule has 1 aliphatic rings. The quantitative estimate of drug-likeness (QED) is 0.229. The molecule has 0 radical (unpaired) electrons. The van der Waals surface area contributed by atoms with E-state index in [0.717, 1.165) is 19.3 Å². The molecule has 0 amide bonds. The molecule has 0 unspecified atom stereocenters. The van der Waals surface area contributed by atoms with Crippen molar-refractivity contribution >= 4 is 5.97 Å². The molecule has 8 nitrogen and oxygen atoms in total. The third kappa shape index (κ3) is 9.22. The topological polar surface area (TPSA) is 126 Å². The lowest BCUT2D eigenvalue weighted by Gasteiger charge is -2.40. The highest BCUT2D eigenvalue weighted by Crippen LogP contribution is 2.27. The molecule has 0 bridgehead atoms. The number of hydrogen-bond acceptors (Lipinski definition) is 8. The number of aliphatic hydroxyl groups excluding tert-OH is 4. The van der Waals surface area contributed by atoms with E-state index in [1.54, 1.807) is 24.3 Å². The molecular weight excluding hydrogens is 428 g/mol. The van der Waals surface area contributed by atoms with Crippen LogP contribution < -0.4 is 4.74 Å². The van der Waals surface area contributed by atoms with E-state index in [4.69, 9.17) is 14.2 Å². The molecule has 1 aromatic rings. The number of aliphatic hydroxyl groups is 4. The second-order valence-electron chi connectivity index (χ2n) is 8.66. The zero-order chi connectivity index (χ0) is 24.1. The first-order valence-electron chi connectivity index (χ1n) is 12.2. The maximum Gasteiger partial charge on any atom is 0.305 e. The summed E-state index contributed by atoms with van der Waals surface area (Å²) in [4.78, 5) is 12.1. The number of carbonyl (C=O) groups excluding carboxylic acids is 1. The SMILES string of the molecule is CCCCCCCCCCCC(=O)OC[C@H]1O[C@@H](Oc2ccccc2CO)[C@H](O)[C@@H](O)[C@@H]1O. The van der Waals surface area contributed by atoms with Crippen LogP contribution in [0.15, 0.2) is 24.3 Å². The van der Waals surface area contributed by atoms with Gasteiger partial charge < -0.3 is 34.6 Å². The molecule has 1 heterocycles. The molecule has 0 aliphatic carbocycles. The van der Waals surface area contributed by atoms with Crippen molar-refractivity contribution < 1.29 is 39.4 Å². The third-order valence-corrected chi connectivity index (χ3v) is 5.95. The second-order valence-corrected chi connectivity index (χ2v) is 8.66. The summed E-state index contributed by atoms with van der Waals surface area (Å²) in [6.07, 6.45) is 3.79. The van der Waals surface area contributed by atoms with Crippen LogP contribution >= 0.6 is 0 Å². The summed E-state index contributed by atoms with van der Waals surface area (Å²) in [6.45, 7) is 1.67. The summed E-state index contributed by atoms with van der Waals surface area (Å²) in [5.41, 5.74) is 0.484. The van der Waals surface area contributed by atoms with Gasteiger partial charge in [0.15, 0.2) is 0 Å². The molecule has 1 aromatic carbocycles. The largest absolute Gasteiger partial charge is 0.463 e. The Morgan fingerprint density at radius 3 is 2.21 bits per heavy atom. The molecule has 0 aromatic heterocycles. The minimum absolute atomic E-state index is 0.261. The van der Waals surface area contributed by atoms with Gasteiger partial charge in [-0.15, -0.1) is 0 Å². The molecule has 1 fully saturated rings. The predicted molar refractivity (Wildman–Crippen MR) is 122 cm³/mol. The van der Waals surface area contributed by atoms with E-state index in [0.29, 0.717) is 5.56 Å². The van der Waals surface area contributed by atoms with Gasteiger partial charge >= 0.3 is 5.97 Å². The number of rotatable bonds is 15. The number of unbranched alkanes of at least 4 members (excludes halogenated alkanes) is 8. The third-order valence-electron chi connectivity index (χ3n) is 5.95. The molecule has 33 heavy (non-hydrogen) atoms. The van der Waals surface area contributed by atoms with Crippen molar-refractivity contribution in [2.75, 3.05) is 6.61 Å². The van der Waals surface area contributed by atoms with Gasteiger partial charge in [-0.2, -0.15) is 0 Å². The molecule has 1 saturated heterocycles. The molecule has 0 spiro atoms. The van der Waals surface area contributed by atoms with Crippen molar-refractivity contribution in [2.24, 2.45) is 0 Å². The highest BCUT2D eigenvalue weighted by molar-refractivity contribution is 5.69. The Morgan fingerprint density at radius 1 is 0.909 bits per heavy atom. The summed E-state index contributed by atoms with van der Waals surface area (Å²) in [5.74, 6) is -0.105. The van der Waals surface area contributed by atoms with Crippen LogP contribution in [0.5, 0.6) is 5.75 Å². The Balaban J connectivity index is 1.72. The molecule has 5 atom stereocenters. The van der Waals surface area contributed by atoms with Crippen LogP contribution in [0.1, 0.15) is 76.7 Å². The first-order valence-corrected chi connectivity index (χ1v) is 12.2. The van der Waals surface area contributed by atoms with Gasteiger partial charge in [-0.3, -0.25) is 4.79 Å². The van der Waals surface area contributed by atoms with E-state index in [1.807, 2.05) is 0 Å². The summed E-state index contributed by atoms with van der Waals surface area (Å²) in [5, 5.41) is 40.1. The van der Waals surface area contributed by atoms with Crippen molar-refractivity contribution in [1.29, 1.82) is 0 Å². The molecule has 4 N–H and O–H groups in total. The Morgan fingerprint density at radius 2 is 1.55 bits per heavy atom. The molecule has 2 rings (SSSR count). The van der Waals surface area contributed by atoms with Gasteiger partial charge in [0.1, 0.15) is 36.8 Å². The number of carbonyl (C=O) groups is 1. The Labute approximate surface area is 196 Å². The summed E-state index contributed by atoms with van der Waals surface area (Å²) < 4.78 is 16.5. The fourth-order valence-corrected chi connectivity index (χ4v) is 3.85. The van der Waals surface area contributed by atoms with E-state index in [2.05, 4.69) is 6.92 Å². The van der Waals surface area contributed by atoms with Crippen molar-refractivity contribution in [3.05, 3.63) is 29.8 Å². The van der Waals surface area contributed by atoms with Crippen LogP contribution in [0.4, 0.5) is 0 Å². The molecule has 0 saturated carbocycles. The van der Waals surface area contributed by atoms with Crippen molar-refractivity contribution in [3.8, 4) is 5.75 Å². The summed E-state index contributed by atoms with van der Waals surface area (Å²) >= 11 is 0. The monoisotopic (exact) mass is 468 g/mol. The lowest BCUT2D eigenvalue weighted by molar-refractivity contribution is -0.278. The lowest BCUT2D eigenvalue weighted by Crippen LogP contribution is -2.60. The Kier molecular flexibility index (Phi) is 12.7. The van der Waals surface area contributed by atoms with Gasteiger partial charge in [0.05, 0.1) is 6.61 Å². The summed E-state index contributed by atoms with van der Waals surface area (Å²) in [6, 6.07) is 6.67. The predicted octanol–water partition coefficient (Wildman–Crippen LogP) is 2.83. The normalized spacial score (nSPS) is 25.1. The lowest BCUT2D eigenvalue weighted by atomic mass is 9.99. The minimum atomic E-state index is -1.54. The maximum absolute atomic E-state index is 12.1. The van der Waals surface area contributed by atoms with Crippen LogP contribution in [-0.4, -0.2) is 63.7 Å². The summed E-state index contributed by atoms with van der Waals surface area (Å²) in [7, 11) is 0. The zero-order valence-corrected chi connectivity index (χ0v) is 19.6.